The van der Waals surface area contributed by atoms with Crippen molar-refractivity contribution in [3.63, 3.8) is 0 Å². The molecule has 2 heterocycles. The van der Waals surface area contributed by atoms with E-state index in [-0.39, 0.29) is 17.5 Å². The Morgan fingerprint density at radius 2 is 1.63 bits per heavy atom. The van der Waals surface area contributed by atoms with Gasteiger partial charge in [-0.15, -0.1) is 0 Å². The largest absolute Gasteiger partial charge is 0.478 e. The lowest BCUT2D eigenvalue weighted by Gasteiger charge is -2.42. The van der Waals surface area contributed by atoms with E-state index in [0.717, 1.165) is 5.69 Å². The van der Waals surface area contributed by atoms with Gasteiger partial charge in [0.05, 0.1) is 23.0 Å². The minimum Gasteiger partial charge on any atom is -0.478 e. The van der Waals surface area contributed by atoms with E-state index < -0.39 is 5.97 Å². The number of carboxylic acids is 1. The van der Waals surface area contributed by atoms with E-state index in [9.17, 15) is 14.7 Å². The third-order valence-corrected chi connectivity index (χ3v) is 4.70. The summed E-state index contributed by atoms with van der Waals surface area (Å²) in [5.74, 6) is -1.06. The first-order chi connectivity index (χ1) is 13.1. The van der Waals surface area contributed by atoms with Gasteiger partial charge in [0.2, 0.25) is 0 Å². The van der Waals surface area contributed by atoms with Gasteiger partial charge in [-0.1, -0.05) is 24.3 Å². The number of amides is 1. The normalized spacial score (nSPS) is 13.9. The molecule has 1 aromatic heterocycles. The molecule has 6 nitrogen and oxygen atoms in total. The number of benzene rings is 2. The van der Waals surface area contributed by atoms with Crippen LogP contribution in [0.15, 0.2) is 73.1 Å². The molecule has 0 atom stereocenters. The van der Waals surface area contributed by atoms with E-state index >= 15 is 0 Å². The fourth-order valence-corrected chi connectivity index (χ4v) is 3.34. The van der Waals surface area contributed by atoms with Gasteiger partial charge < -0.3 is 19.9 Å². The summed E-state index contributed by atoms with van der Waals surface area (Å²) in [6.45, 7) is 1.27. The summed E-state index contributed by atoms with van der Waals surface area (Å²) in [6.07, 6.45) is 3.67. The van der Waals surface area contributed by atoms with Gasteiger partial charge in [-0.3, -0.25) is 4.79 Å². The molecule has 1 saturated heterocycles. The summed E-state index contributed by atoms with van der Waals surface area (Å²) in [7, 11) is 0. The molecule has 4 rings (SSSR count). The van der Waals surface area contributed by atoms with Gasteiger partial charge in [0.15, 0.2) is 0 Å². The highest BCUT2D eigenvalue weighted by Gasteiger charge is 2.31. The molecule has 136 valence electrons. The molecule has 2 N–H and O–H groups in total. The lowest BCUT2D eigenvalue weighted by atomic mass is 10.0. The summed E-state index contributed by atoms with van der Waals surface area (Å²) in [5, 5.41) is 12.6. The number of nitrogens with zero attached hydrogens (tertiary/aromatic N) is 2. The van der Waals surface area contributed by atoms with Crippen LogP contribution in [-0.2, 0) is 0 Å². The Hall–Kier alpha value is -3.54. The quantitative estimate of drug-likeness (QED) is 0.733. The zero-order valence-corrected chi connectivity index (χ0v) is 14.6. The van der Waals surface area contributed by atoms with E-state index in [4.69, 9.17) is 0 Å². The molecule has 1 aliphatic heterocycles. The monoisotopic (exact) mass is 361 g/mol. The number of carboxylic acid groups (broad SMARTS) is 1. The minimum atomic E-state index is -0.963. The number of hydrogen-bond acceptors (Lipinski definition) is 3. The average molecular weight is 361 g/mol. The van der Waals surface area contributed by atoms with Crippen molar-refractivity contribution < 1.29 is 14.7 Å². The van der Waals surface area contributed by atoms with Crippen molar-refractivity contribution in [2.45, 2.75) is 6.04 Å². The summed E-state index contributed by atoms with van der Waals surface area (Å²) in [5.41, 5.74) is 2.37. The predicted octanol–water partition coefficient (Wildman–Crippen LogP) is 2.79. The Labute approximate surface area is 156 Å². The molecule has 0 bridgehead atoms. The smallest absolute Gasteiger partial charge is 0.337 e. The fourth-order valence-electron chi connectivity index (χ4n) is 3.34. The molecule has 27 heavy (non-hydrogen) atoms. The van der Waals surface area contributed by atoms with Crippen LogP contribution < -0.4 is 10.2 Å². The number of anilines is 1. The first-order valence-electron chi connectivity index (χ1n) is 8.74. The number of carbonyl (C=O) groups is 2. The van der Waals surface area contributed by atoms with Crippen LogP contribution >= 0.6 is 0 Å². The van der Waals surface area contributed by atoms with Crippen molar-refractivity contribution in [2.24, 2.45) is 0 Å². The molecule has 0 spiro atoms. The van der Waals surface area contributed by atoms with Crippen molar-refractivity contribution in [3.05, 3.63) is 84.2 Å². The number of hydrogen-bond donors (Lipinski definition) is 2. The van der Waals surface area contributed by atoms with Crippen LogP contribution in [-0.4, -0.2) is 40.7 Å². The Balaban J connectivity index is 1.52. The number of carbonyl (C=O) groups excluding carboxylic acids is 1. The highest BCUT2D eigenvalue weighted by Crippen LogP contribution is 2.31. The van der Waals surface area contributed by atoms with Crippen LogP contribution in [0, 0.1) is 0 Å². The van der Waals surface area contributed by atoms with Gasteiger partial charge >= 0.3 is 5.97 Å². The van der Waals surface area contributed by atoms with Gasteiger partial charge in [-0.2, -0.15) is 0 Å². The van der Waals surface area contributed by atoms with Crippen LogP contribution in [0.4, 0.5) is 5.69 Å². The molecule has 3 aromatic rings. The molecular formula is C21H19N3O3. The summed E-state index contributed by atoms with van der Waals surface area (Å²) < 4.78 is 1.81. The minimum absolute atomic E-state index is 0.0312. The Morgan fingerprint density at radius 1 is 0.926 bits per heavy atom. The summed E-state index contributed by atoms with van der Waals surface area (Å²) >= 11 is 0. The zero-order chi connectivity index (χ0) is 18.8. The van der Waals surface area contributed by atoms with Gasteiger partial charge in [-0.05, 0) is 36.4 Å². The number of rotatable bonds is 5. The first kappa shape index (κ1) is 16.9. The fraction of sp³-hybridized carbons (Fsp3) is 0.143. The summed E-state index contributed by atoms with van der Waals surface area (Å²) in [6, 6.07) is 18.1. The molecule has 0 unspecified atom stereocenters. The highest BCUT2D eigenvalue weighted by molar-refractivity contribution is 5.96. The van der Waals surface area contributed by atoms with Crippen molar-refractivity contribution in [1.29, 1.82) is 0 Å². The van der Waals surface area contributed by atoms with Crippen LogP contribution in [0.1, 0.15) is 20.7 Å². The van der Waals surface area contributed by atoms with E-state index in [1.807, 2.05) is 53.4 Å². The van der Waals surface area contributed by atoms with Gasteiger partial charge in [0.1, 0.15) is 0 Å². The van der Waals surface area contributed by atoms with Crippen molar-refractivity contribution in [3.8, 4) is 5.69 Å². The van der Waals surface area contributed by atoms with Crippen LogP contribution in [0.25, 0.3) is 5.69 Å². The molecule has 2 aromatic carbocycles. The second-order valence-corrected chi connectivity index (χ2v) is 6.51. The van der Waals surface area contributed by atoms with E-state index in [0.29, 0.717) is 24.3 Å². The topological polar surface area (TPSA) is 74.6 Å². The molecule has 0 saturated carbocycles. The summed E-state index contributed by atoms with van der Waals surface area (Å²) in [4.78, 5) is 26.0. The molecular weight excluding hydrogens is 342 g/mol. The van der Waals surface area contributed by atoms with Gasteiger partial charge in [-0.25, -0.2) is 4.79 Å². The van der Waals surface area contributed by atoms with Crippen molar-refractivity contribution in [1.82, 2.24) is 9.88 Å². The lowest BCUT2D eigenvalue weighted by Crippen LogP contribution is -2.59. The zero-order valence-electron chi connectivity index (χ0n) is 14.6. The third-order valence-electron chi connectivity index (χ3n) is 4.70. The maximum absolute atomic E-state index is 12.3. The van der Waals surface area contributed by atoms with E-state index in [1.165, 1.54) is 0 Å². The number of nitrogens with one attached hydrogen (secondary N) is 1. The predicted molar refractivity (Wildman–Crippen MR) is 103 cm³/mol. The molecule has 1 aliphatic rings. The van der Waals surface area contributed by atoms with Gasteiger partial charge in [0.25, 0.3) is 5.91 Å². The Kier molecular flexibility index (Phi) is 4.38. The number of aromatic carboxylic acids is 1. The van der Waals surface area contributed by atoms with Crippen LogP contribution in [0.2, 0.25) is 0 Å². The maximum Gasteiger partial charge on any atom is 0.337 e. The SMILES string of the molecule is O=C(NC1CN(c2cccc(C(=O)O)c2-n2cccc2)C1)c1ccccc1. The van der Waals surface area contributed by atoms with Crippen LogP contribution in [0.5, 0.6) is 0 Å². The lowest BCUT2D eigenvalue weighted by molar-refractivity contribution is 0.0696. The highest BCUT2D eigenvalue weighted by atomic mass is 16.4. The van der Waals surface area contributed by atoms with E-state index in [1.54, 1.807) is 24.3 Å². The third kappa shape index (κ3) is 3.29. The standard InChI is InChI=1S/C21H19N3O3/c25-20(15-7-2-1-3-8-15)22-16-13-24(14-16)18-10-6-9-17(21(26)27)19(18)23-11-4-5-12-23/h1-12,16H,13-14H2,(H,22,25)(H,26,27). The molecule has 1 amide bonds. The first-order valence-corrected chi connectivity index (χ1v) is 8.74. The van der Waals surface area contributed by atoms with Gasteiger partial charge in [0, 0.05) is 31.0 Å². The second-order valence-electron chi connectivity index (χ2n) is 6.51. The van der Waals surface area contributed by atoms with Crippen LogP contribution in [0.3, 0.4) is 0 Å². The van der Waals surface area contributed by atoms with E-state index in [2.05, 4.69) is 10.2 Å². The Morgan fingerprint density at radius 3 is 2.30 bits per heavy atom. The molecule has 1 fully saturated rings. The number of aromatic nitrogens is 1. The van der Waals surface area contributed by atoms with Crippen molar-refractivity contribution >= 4 is 17.6 Å². The second kappa shape index (κ2) is 6.99. The average Bonchev–Trinajstić information content (AvgIpc) is 3.18. The Bertz CT molecular complexity index is 962. The molecule has 6 heteroatoms. The maximum atomic E-state index is 12.3. The molecule has 0 aliphatic carbocycles. The van der Waals surface area contributed by atoms with Crippen molar-refractivity contribution in [2.75, 3.05) is 18.0 Å². The number of para-hydroxylation sites is 1. The molecule has 0 radical (unpaired) electrons.